The minimum Gasteiger partial charge on any atom is -0.329 e. The summed E-state index contributed by atoms with van der Waals surface area (Å²) in [7, 11) is 0. The number of amides is 2. The molecule has 0 aromatic heterocycles. The molecule has 4 nitrogen and oxygen atoms in total. The van der Waals surface area contributed by atoms with Crippen LogP contribution in [0.1, 0.15) is 11.1 Å². The SMILES string of the molecule is Cc1cc(C2=CC(=O)N(CCN)C2=O)ccc1F. The maximum absolute atomic E-state index is 13.2. The van der Waals surface area contributed by atoms with Crippen molar-refractivity contribution in [1.29, 1.82) is 0 Å². The Morgan fingerprint density at radius 2 is 2.06 bits per heavy atom. The Kier molecular flexibility index (Phi) is 3.25. The van der Waals surface area contributed by atoms with E-state index in [9.17, 15) is 14.0 Å². The van der Waals surface area contributed by atoms with Crippen molar-refractivity contribution in [3.8, 4) is 0 Å². The van der Waals surface area contributed by atoms with Crippen LogP contribution in [0.3, 0.4) is 0 Å². The van der Waals surface area contributed by atoms with Gasteiger partial charge >= 0.3 is 0 Å². The van der Waals surface area contributed by atoms with Crippen LogP contribution in [-0.2, 0) is 9.59 Å². The molecule has 2 amide bonds. The number of nitrogens with zero attached hydrogens (tertiary/aromatic N) is 1. The van der Waals surface area contributed by atoms with Gasteiger partial charge in [0.2, 0.25) is 0 Å². The maximum Gasteiger partial charge on any atom is 0.261 e. The Bertz CT molecular complexity index is 552. The van der Waals surface area contributed by atoms with E-state index in [0.29, 0.717) is 11.1 Å². The summed E-state index contributed by atoms with van der Waals surface area (Å²) >= 11 is 0. The summed E-state index contributed by atoms with van der Waals surface area (Å²) in [5.74, 6) is -1.09. The average molecular weight is 248 g/mol. The second-order valence-electron chi connectivity index (χ2n) is 4.11. The largest absolute Gasteiger partial charge is 0.329 e. The van der Waals surface area contributed by atoms with Crippen molar-refractivity contribution in [1.82, 2.24) is 4.90 Å². The molecule has 94 valence electrons. The molecule has 0 atom stereocenters. The van der Waals surface area contributed by atoms with Crippen molar-refractivity contribution in [2.45, 2.75) is 6.92 Å². The standard InChI is InChI=1S/C13H13FN2O2/c1-8-6-9(2-3-11(8)14)10-7-12(17)16(5-4-15)13(10)18/h2-3,6-7H,4-5,15H2,1H3. The first-order valence-electron chi connectivity index (χ1n) is 5.58. The summed E-state index contributed by atoms with van der Waals surface area (Å²) in [4.78, 5) is 24.7. The van der Waals surface area contributed by atoms with Gasteiger partial charge in [0.1, 0.15) is 5.82 Å². The lowest BCUT2D eigenvalue weighted by atomic mass is 10.0. The molecule has 1 aromatic carbocycles. The van der Waals surface area contributed by atoms with E-state index in [1.165, 1.54) is 18.2 Å². The van der Waals surface area contributed by atoms with Gasteiger partial charge < -0.3 is 5.73 Å². The maximum atomic E-state index is 13.2. The van der Waals surface area contributed by atoms with Gasteiger partial charge in [0.05, 0.1) is 5.57 Å². The minimum absolute atomic E-state index is 0.192. The Morgan fingerprint density at radius 1 is 1.33 bits per heavy atom. The molecule has 1 aliphatic heterocycles. The highest BCUT2D eigenvalue weighted by Gasteiger charge is 2.31. The number of imide groups is 1. The normalized spacial score (nSPS) is 15.3. The van der Waals surface area contributed by atoms with Gasteiger partial charge in [-0.1, -0.05) is 6.07 Å². The molecule has 0 unspecified atom stereocenters. The van der Waals surface area contributed by atoms with Crippen LogP contribution >= 0.6 is 0 Å². The van der Waals surface area contributed by atoms with Crippen LogP contribution in [0.5, 0.6) is 0 Å². The van der Waals surface area contributed by atoms with Crippen LogP contribution in [0, 0.1) is 12.7 Å². The van der Waals surface area contributed by atoms with E-state index in [4.69, 9.17) is 5.73 Å². The van der Waals surface area contributed by atoms with Crippen molar-refractivity contribution >= 4 is 17.4 Å². The quantitative estimate of drug-likeness (QED) is 0.806. The predicted octanol–water partition coefficient (Wildman–Crippen LogP) is 0.845. The lowest BCUT2D eigenvalue weighted by molar-refractivity contribution is -0.136. The highest BCUT2D eigenvalue weighted by atomic mass is 19.1. The van der Waals surface area contributed by atoms with E-state index in [1.54, 1.807) is 13.0 Å². The molecule has 5 heteroatoms. The molecule has 1 aromatic rings. The minimum atomic E-state index is -0.378. The Balaban J connectivity index is 2.35. The van der Waals surface area contributed by atoms with Gasteiger partial charge in [-0.15, -0.1) is 0 Å². The topological polar surface area (TPSA) is 63.4 Å². The van der Waals surface area contributed by atoms with E-state index in [-0.39, 0.29) is 36.3 Å². The molecule has 0 saturated heterocycles. The first kappa shape index (κ1) is 12.4. The number of aryl methyl sites for hydroxylation is 1. The van der Waals surface area contributed by atoms with Crippen LogP contribution in [0.25, 0.3) is 5.57 Å². The van der Waals surface area contributed by atoms with Crippen LogP contribution in [0.15, 0.2) is 24.3 Å². The Hall–Kier alpha value is -2.01. The average Bonchev–Trinajstić information content (AvgIpc) is 2.61. The van der Waals surface area contributed by atoms with E-state index in [2.05, 4.69) is 0 Å². The Labute approximate surface area is 104 Å². The zero-order valence-corrected chi connectivity index (χ0v) is 9.94. The summed E-state index contributed by atoms with van der Waals surface area (Å²) in [6.07, 6.45) is 1.27. The van der Waals surface area contributed by atoms with Crippen LogP contribution in [0.2, 0.25) is 0 Å². The lowest BCUT2D eigenvalue weighted by Gasteiger charge is -2.13. The third-order valence-corrected chi connectivity index (χ3v) is 2.83. The highest BCUT2D eigenvalue weighted by Crippen LogP contribution is 2.24. The van der Waals surface area contributed by atoms with Crippen molar-refractivity contribution in [3.63, 3.8) is 0 Å². The molecule has 0 saturated carbocycles. The molecule has 1 aliphatic rings. The number of hydrogen-bond acceptors (Lipinski definition) is 3. The Morgan fingerprint density at radius 3 is 2.67 bits per heavy atom. The van der Waals surface area contributed by atoms with Crippen molar-refractivity contribution in [2.24, 2.45) is 5.73 Å². The second kappa shape index (κ2) is 4.70. The van der Waals surface area contributed by atoms with Crippen molar-refractivity contribution in [3.05, 3.63) is 41.2 Å². The molecule has 0 spiro atoms. The molecule has 1 heterocycles. The van der Waals surface area contributed by atoms with Gasteiger partial charge in [0.25, 0.3) is 11.8 Å². The van der Waals surface area contributed by atoms with Gasteiger partial charge in [0, 0.05) is 19.2 Å². The van der Waals surface area contributed by atoms with Crippen molar-refractivity contribution < 1.29 is 14.0 Å². The summed E-state index contributed by atoms with van der Waals surface area (Å²) in [6, 6.07) is 4.33. The molecule has 18 heavy (non-hydrogen) atoms. The van der Waals surface area contributed by atoms with E-state index in [0.717, 1.165) is 4.90 Å². The summed E-state index contributed by atoms with van der Waals surface area (Å²) in [5.41, 5.74) is 6.61. The number of carbonyl (C=O) groups excluding carboxylic acids is 2. The summed E-state index contributed by atoms with van der Waals surface area (Å²) in [6.45, 7) is 2.02. The number of nitrogens with two attached hydrogens (primary N) is 1. The molecule has 0 fully saturated rings. The monoisotopic (exact) mass is 248 g/mol. The summed E-state index contributed by atoms with van der Waals surface area (Å²) in [5, 5.41) is 0. The first-order valence-corrected chi connectivity index (χ1v) is 5.58. The first-order chi connectivity index (χ1) is 8.54. The van der Waals surface area contributed by atoms with Gasteiger partial charge in [-0.2, -0.15) is 0 Å². The lowest BCUT2D eigenvalue weighted by Crippen LogP contribution is -2.35. The molecular formula is C13H13FN2O2. The number of halogens is 1. The third kappa shape index (κ3) is 2.04. The highest BCUT2D eigenvalue weighted by molar-refractivity contribution is 6.33. The zero-order chi connectivity index (χ0) is 13.3. The molecule has 2 rings (SSSR count). The predicted molar refractivity (Wildman–Crippen MR) is 64.9 cm³/mol. The fraction of sp³-hybridized carbons (Fsp3) is 0.231. The number of hydrogen-bond donors (Lipinski definition) is 1. The van der Waals surface area contributed by atoms with Crippen LogP contribution in [0.4, 0.5) is 4.39 Å². The molecule has 0 bridgehead atoms. The van der Waals surface area contributed by atoms with Gasteiger partial charge in [-0.05, 0) is 30.2 Å². The van der Waals surface area contributed by atoms with Gasteiger partial charge in [-0.3, -0.25) is 14.5 Å². The van der Waals surface area contributed by atoms with Crippen LogP contribution in [-0.4, -0.2) is 29.8 Å². The molecule has 2 N–H and O–H groups in total. The van der Waals surface area contributed by atoms with Gasteiger partial charge in [0.15, 0.2) is 0 Å². The smallest absolute Gasteiger partial charge is 0.261 e. The van der Waals surface area contributed by atoms with E-state index >= 15 is 0 Å². The second-order valence-corrected chi connectivity index (χ2v) is 4.11. The number of carbonyl (C=O) groups is 2. The summed E-state index contributed by atoms with van der Waals surface area (Å²) < 4.78 is 13.2. The molecule has 0 radical (unpaired) electrons. The fourth-order valence-corrected chi connectivity index (χ4v) is 1.87. The van der Waals surface area contributed by atoms with Crippen molar-refractivity contribution in [2.75, 3.05) is 13.1 Å². The molecular weight excluding hydrogens is 235 g/mol. The number of benzene rings is 1. The number of rotatable bonds is 3. The fourth-order valence-electron chi connectivity index (χ4n) is 1.87. The third-order valence-electron chi connectivity index (χ3n) is 2.83. The molecule has 0 aliphatic carbocycles. The zero-order valence-electron chi connectivity index (χ0n) is 9.94. The van der Waals surface area contributed by atoms with Crippen LogP contribution < -0.4 is 5.73 Å². The van der Waals surface area contributed by atoms with E-state index < -0.39 is 0 Å². The van der Waals surface area contributed by atoms with E-state index in [1.807, 2.05) is 0 Å². The van der Waals surface area contributed by atoms with Gasteiger partial charge in [-0.25, -0.2) is 4.39 Å².